The molecule has 0 aromatic heterocycles. The van der Waals surface area contributed by atoms with E-state index in [-0.39, 0.29) is 0 Å². The summed E-state index contributed by atoms with van der Waals surface area (Å²) < 4.78 is 0. The zero-order valence-corrected chi connectivity index (χ0v) is 11.9. The van der Waals surface area contributed by atoms with Crippen molar-refractivity contribution >= 4 is 5.96 Å². The molecule has 0 heterocycles. The van der Waals surface area contributed by atoms with Gasteiger partial charge in [-0.1, -0.05) is 32.1 Å². The van der Waals surface area contributed by atoms with Gasteiger partial charge in [0.25, 0.3) is 0 Å². The molecule has 0 bridgehead atoms. The first-order valence-electron chi connectivity index (χ1n) is 7.83. The lowest BCUT2D eigenvalue weighted by molar-refractivity contribution is 0.375. The van der Waals surface area contributed by atoms with E-state index in [0.717, 1.165) is 30.9 Å². The van der Waals surface area contributed by atoms with Crippen molar-refractivity contribution in [3.8, 4) is 0 Å². The second-order valence-electron chi connectivity index (χ2n) is 5.99. The van der Waals surface area contributed by atoms with Crippen molar-refractivity contribution in [3.05, 3.63) is 0 Å². The van der Waals surface area contributed by atoms with E-state index in [0.29, 0.717) is 0 Å². The van der Waals surface area contributed by atoms with Crippen molar-refractivity contribution in [2.45, 2.75) is 57.8 Å². The number of guanidine groups is 1. The van der Waals surface area contributed by atoms with E-state index in [2.05, 4.69) is 15.6 Å². The molecule has 104 valence electrons. The van der Waals surface area contributed by atoms with E-state index >= 15 is 0 Å². The summed E-state index contributed by atoms with van der Waals surface area (Å²) in [7, 11) is 1.88. The Kier molecular flexibility index (Phi) is 5.82. The summed E-state index contributed by atoms with van der Waals surface area (Å²) in [5.41, 5.74) is 0. The fourth-order valence-electron chi connectivity index (χ4n) is 2.77. The number of hydrogen-bond acceptors (Lipinski definition) is 1. The zero-order chi connectivity index (χ0) is 12.6. The number of hydrogen-bond donors (Lipinski definition) is 2. The highest BCUT2D eigenvalue weighted by molar-refractivity contribution is 5.79. The standard InChI is InChI=1S/C15H29N3/c1-16-15(18-12-14-9-10-14)17-11-13-7-5-3-2-4-6-8-13/h13-14H,2-12H2,1H3,(H2,16,17,18). The number of nitrogens with zero attached hydrogens (tertiary/aromatic N) is 1. The Balaban J connectivity index is 1.63. The normalized spacial score (nSPS) is 23.3. The third-order valence-corrected chi connectivity index (χ3v) is 4.26. The smallest absolute Gasteiger partial charge is 0.190 e. The summed E-state index contributed by atoms with van der Waals surface area (Å²) in [6.45, 7) is 2.20. The van der Waals surface area contributed by atoms with Crippen LogP contribution in [-0.4, -0.2) is 26.1 Å². The molecule has 0 aromatic rings. The first-order chi connectivity index (χ1) is 8.88. The number of rotatable bonds is 4. The Morgan fingerprint density at radius 3 is 1.83 bits per heavy atom. The van der Waals surface area contributed by atoms with E-state index in [1.807, 2.05) is 7.05 Å². The van der Waals surface area contributed by atoms with Gasteiger partial charge in [0.2, 0.25) is 0 Å². The molecule has 0 aromatic carbocycles. The monoisotopic (exact) mass is 251 g/mol. The molecule has 0 atom stereocenters. The summed E-state index contributed by atoms with van der Waals surface area (Å²) in [6.07, 6.45) is 12.7. The van der Waals surface area contributed by atoms with Crippen LogP contribution in [0.25, 0.3) is 0 Å². The molecule has 3 heteroatoms. The number of nitrogens with one attached hydrogen (secondary N) is 2. The Morgan fingerprint density at radius 2 is 1.33 bits per heavy atom. The van der Waals surface area contributed by atoms with Crippen LogP contribution in [0.4, 0.5) is 0 Å². The van der Waals surface area contributed by atoms with E-state index in [1.54, 1.807) is 0 Å². The van der Waals surface area contributed by atoms with Crippen molar-refractivity contribution < 1.29 is 0 Å². The molecule has 0 spiro atoms. The molecule has 2 aliphatic carbocycles. The predicted octanol–water partition coefficient (Wildman–Crippen LogP) is 2.92. The van der Waals surface area contributed by atoms with Crippen molar-refractivity contribution in [1.29, 1.82) is 0 Å². The molecule has 2 rings (SSSR count). The summed E-state index contributed by atoms with van der Waals surface area (Å²) in [4.78, 5) is 4.31. The van der Waals surface area contributed by atoms with Crippen LogP contribution in [0.3, 0.4) is 0 Å². The molecule has 2 N–H and O–H groups in total. The molecule has 0 aliphatic heterocycles. The fourth-order valence-corrected chi connectivity index (χ4v) is 2.77. The SMILES string of the molecule is CN=C(NCC1CCCCCCC1)NCC1CC1. The average Bonchev–Trinajstić information content (AvgIpc) is 3.15. The first kappa shape index (κ1) is 13.7. The third-order valence-electron chi connectivity index (χ3n) is 4.26. The fraction of sp³-hybridized carbons (Fsp3) is 0.933. The van der Waals surface area contributed by atoms with Gasteiger partial charge in [-0.2, -0.15) is 0 Å². The van der Waals surface area contributed by atoms with E-state index in [9.17, 15) is 0 Å². The van der Waals surface area contributed by atoms with Crippen LogP contribution < -0.4 is 10.6 Å². The molecular formula is C15H29N3. The highest BCUT2D eigenvalue weighted by Crippen LogP contribution is 2.27. The number of aliphatic imine (C=N–C) groups is 1. The van der Waals surface area contributed by atoms with Crippen LogP contribution in [-0.2, 0) is 0 Å². The van der Waals surface area contributed by atoms with E-state index in [4.69, 9.17) is 0 Å². The summed E-state index contributed by atoms with van der Waals surface area (Å²) in [6, 6.07) is 0. The van der Waals surface area contributed by atoms with Gasteiger partial charge in [0.15, 0.2) is 5.96 Å². The van der Waals surface area contributed by atoms with Crippen molar-refractivity contribution in [1.82, 2.24) is 10.6 Å². The quantitative estimate of drug-likeness (QED) is 0.595. The zero-order valence-electron chi connectivity index (χ0n) is 11.9. The molecule has 0 unspecified atom stereocenters. The minimum absolute atomic E-state index is 0.852. The van der Waals surface area contributed by atoms with Gasteiger partial charge in [-0.25, -0.2) is 0 Å². The summed E-state index contributed by atoms with van der Waals surface area (Å²) in [5, 5.41) is 6.95. The van der Waals surface area contributed by atoms with Crippen LogP contribution in [0, 0.1) is 11.8 Å². The molecule has 2 fully saturated rings. The maximum Gasteiger partial charge on any atom is 0.190 e. The minimum Gasteiger partial charge on any atom is -0.356 e. The van der Waals surface area contributed by atoms with Crippen LogP contribution >= 0.6 is 0 Å². The lowest BCUT2D eigenvalue weighted by Crippen LogP contribution is -2.40. The average molecular weight is 251 g/mol. The summed E-state index contributed by atoms with van der Waals surface area (Å²) >= 11 is 0. The van der Waals surface area contributed by atoms with Gasteiger partial charge in [-0.3, -0.25) is 4.99 Å². The third kappa shape index (κ3) is 5.28. The topological polar surface area (TPSA) is 36.4 Å². The van der Waals surface area contributed by atoms with Gasteiger partial charge >= 0.3 is 0 Å². The molecule has 0 amide bonds. The Morgan fingerprint density at radius 1 is 0.833 bits per heavy atom. The lowest BCUT2D eigenvalue weighted by Gasteiger charge is -2.21. The minimum atomic E-state index is 0.852. The first-order valence-corrected chi connectivity index (χ1v) is 7.83. The Labute approximate surface area is 112 Å². The lowest BCUT2D eigenvalue weighted by atomic mass is 9.91. The van der Waals surface area contributed by atoms with Crippen molar-refractivity contribution in [2.24, 2.45) is 16.8 Å². The van der Waals surface area contributed by atoms with Gasteiger partial charge in [-0.05, 0) is 37.5 Å². The Bertz CT molecular complexity index is 250. The molecule has 3 nitrogen and oxygen atoms in total. The molecule has 0 saturated heterocycles. The van der Waals surface area contributed by atoms with Gasteiger partial charge in [-0.15, -0.1) is 0 Å². The van der Waals surface area contributed by atoms with Crippen LogP contribution in [0.15, 0.2) is 4.99 Å². The van der Waals surface area contributed by atoms with Crippen molar-refractivity contribution in [3.63, 3.8) is 0 Å². The second-order valence-corrected chi connectivity index (χ2v) is 5.99. The van der Waals surface area contributed by atoms with Gasteiger partial charge < -0.3 is 10.6 Å². The molecule has 2 saturated carbocycles. The van der Waals surface area contributed by atoms with E-state index in [1.165, 1.54) is 57.8 Å². The molecule has 18 heavy (non-hydrogen) atoms. The van der Waals surface area contributed by atoms with Crippen molar-refractivity contribution in [2.75, 3.05) is 20.1 Å². The maximum atomic E-state index is 4.31. The molecular weight excluding hydrogens is 222 g/mol. The van der Waals surface area contributed by atoms with Gasteiger partial charge in [0.1, 0.15) is 0 Å². The second kappa shape index (κ2) is 7.65. The van der Waals surface area contributed by atoms with Gasteiger partial charge in [0.05, 0.1) is 0 Å². The highest BCUT2D eigenvalue weighted by Gasteiger charge is 2.21. The molecule has 0 radical (unpaired) electrons. The molecule has 2 aliphatic rings. The van der Waals surface area contributed by atoms with E-state index < -0.39 is 0 Å². The van der Waals surface area contributed by atoms with Gasteiger partial charge in [0, 0.05) is 20.1 Å². The predicted molar refractivity (Wildman–Crippen MR) is 77.9 cm³/mol. The van der Waals surface area contributed by atoms with Crippen LogP contribution in [0.2, 0.25) is 0 Å². The summed E-state index contributed by atoms with van der Waals surface area (Å²) in [5.74, 6) is 2.76. The van der Waals surface area contributed by atoms with Crippen LogP contribution in [0.1, 0.15) is 57.8 Å². The maximum absolute atomic E-state index is 4.31. The Hall–Kier alpha value is -0.730. The largest absolute Gasteiger partial charge is 0.356 e. The highest BCUT2D eigenvalue weighted by atomic mass is 15.2. The van der Waals surface area contributed by atoms with Crippen LogP contribution in [0.5, 0.6) is 0 Å².